The molecule has 0 aromatic carbocycles. The van der Waals surface area contributed by atoms with Crippen LogP contribution in [0.2, 0.25) is 0 Å². The summed E-state index contributed by atoms with van der Waals surface area (Å²) in [7, 11) is 8.50. The minimum absolute atomic E-state index is 0.137. The van der Waals surface area contributed by atoms with Crippen LogP contribution in [-0.2, 0) is 0 Å². The zero-order valence-electron chi connectivity index (χ0n) is 9.56. The smallest absolute Gasteiger partial charge is 0.238 e. The maximum Gasteiger partial charge on any atom is 0.238 e. The molecule has 0 aliphatic rings. The van der Waals surface area contributed by atoms with Crippen LogP contribution < -0.4 is 0 Å². The van der Waals surface area contributed by atoms with E-state index in [-0.39, 0.29) is 4.71 Å². The Balaban J connectivity index is 0. The second kappa shape index (κ2) is 8.84. The second-order valence-corrected chi connectivity index (χ2v) is 10.2. The maximum absolute atomic E-state index is 5.75. The van der Waals surface area contributed by atoms with Gasteiger partial charge in [-0.2, -0.15) is 11.8 Å². The van der Waals surface area contributed by atoms with Gasteiger partial charge in [-0.25, -0.2) is 0 Å². The molecular weight excluding hydrogens is 316 g/mol. The lowest BCUT2D eigenvalue weighted by molar-refractivity contribution is -0.849. The van der Waals surface area contributed by atoms with Gasteiger partial charge in [-0.1, -0.05) is 46.6 Å². The van der Waals surface area contributed by atoms with E-state index >= 15 is 0 Å². The van der Waals surface area contributed by atoms with Gasteiger partial charge in [0, 0.05) is 5.75 Å². The molecule has 1 atom stereocenters. The van der Waals surface area contributed by atoms with E-state index < -0.39 is 3.12 Å². The highest BCUT2D eigenvalue weighted by molar-refractivity contribution is 8.07. The van der Waals surface area contributed by atoms with Crippen LogP contribution in [0, 0.1) is 0 Å². The number of halogens is 4. The zero-order chi connectivity index (χ0) is 12.7. The number of rotatable bonds is 3. The van der Waals surface area contributed by atoms with Crippen molar-refractivity contribution in [3.8, 4) is 0 Å². The van der Waals surface area contributed by atoms with Gasteiger partial charge in [0.2, 0.25) is 3.12 Å². The fourth-order valence-corrected chi connectivity index (χ4v) is 3.70. The Bertz CT molecular complexity index is 150. The van der Waals surface area contributed by atoms with E-state index in [1.165, 1.54) is 0 Å². The summed E-state index contributed by atoms with van der Waals surface area (Å²) in [6, 6.07) is 0. The zero-order valence-corrected chi connectivity index (χ0v) is 14.2. The first-order chi connectivity index (χ1) is 6.45. The molecule has 1 unspecified atom stereocenters. The lowest BCUT2D eigenvalue weighted by atomic mass is 10.8. The van der Waals surface area contributed by atoms with E-state index in [4.69, 9.17) is 46.4 Å². The minimum atomic E-state index is -1.29. The molecule has 0 fully saturated rings. The number of hydrogen-bond donors (Lipinski definition) is 0. The van der Waals surface area contributed by atoms with Gasteiger partial charge in [0.05, 0.1) is 32.9 Å². The van der Waals surface area contributed by atoms with E-state index in [1.54, 1.807) is 11.8 Å². The van der Waals surface area contributed by atoms with Gasteiger partial charge in [0.1, 0.15) is 0 Å². The lowest BCUT2D eigenvalue weighted by Crippen LogP contribution is -2.27. The standard InChI is InChI=1S/C4H6Cl4S2.C4H12N/c1-9-2-3(5)10-4(6,7)8;1-5(2,3)4/h3H,2H2,1H3;1-4H3/q;+1. The molecule has 7 heteroatoms. The predicted octanol–water partition coefficient (Wildman–Crippen LogP) is 4.30. The van der Waals surface area contributed by atoms with Gasteiger partial charge in [0.25, 0.3) is 0 Å². The van der Waals surface area contributed by atoms with E-state index in [2.05, 4.69) is 28.2 Å². The molecule has 0 aromatic rings. The van der Waals surface area contributed by atoms with Gasteiger partial charge in [-0.05, 0) is 6.26 Å². The summed E-state index contributed by atoms with van der Waals surface area (Å²) < 4.78 is -0.426. The molecule has 0 heterocycles. The molecule has 0 bridgehead atoms. The first kappa shape index (κ1) is 19.2. The van der Waals surface area contributed by atoms with Gasteiger partial charge >= 0.3 is 0 Å². The molecule has 0 amide bonds. The van der Waals surface area contributed by atoms with Gasteiger partial charge < -0.3 is 4.48 Å². The summed E-state index contributed by atoms with van der Waals surface area (Å²) in [5.74, 6) is 0.778. The monoisotopic (exact) mass is 332 g/mol. The molecule has 15 heavy (non-hydrogen) atoms. The highest BCUT2D eigenvalue weighted by Crippen LogP contribution is 2.43. The van der Waals surface area contributed by atoms with Crippen LogP contribution in [0.4, 0.5) is 0 Å². The molecule has 0 saturated heterocycles. The maximum atomic E-state index is 5.75. The van der Waals surface area contributed by atoms with E-state index in [9.17, 15) is 0 Å². The summed E-state index contributed by atoms with van der Waals surface area (Å²) >= 11 is 24.9. The third-order valence-electron chi connectivity index (χ3n) is 0.559. The fraction of sp³-hybridized carbons (Fsp3) is 1.00. The quantitative estimate of drug-likeness (QED) is 0.558. The van der Waals surface area contributed by atoms with Crippen molar-refractivity contribution in [1.82, 2.24) is 0 Å². The van der Waals surface area contributed by atoms with Crippen LogP contribution in [0.5, 0.6) is 0 Å². The number of quaternary nitrogens is 1. The van der Waals surface area contributed by atoms with Gasteiger partial charge in [-0.3, -0.25) is 0 Å². The van der Waals surface area contributed by atoms with Crippen LogP contribution >= 0.6 is 69.9 Å². The van der Waals surface area contributed by atoms with Crippen molar-refractivity contribution in [3.05, 3.63) is 0 Å². The third-order valence-corrected chi connectivity index (χ3v) is 3.53. The normalized spacial score (nSPS) is 14.2. The molecule has 0 saturated carbocycles. The summed E-state index contributed by atoms with van der Waals surface area (Å²) in [6.07, 6.45) is 1.95. The molecule has 0 aliphatic carbocycles. The van der Waals surface area contributed by atoms with Crippen LogP contribution in [0.3, 0.4) is 0 Å². The van der Waals surface area contributed by atoms with Gasteiger partial charge in [0.15, 0.2) is 0 Å². The molecule has 0 rings (SSSR count). The average Bonchev–Trinajstić information content (AvgIpc) is 1.77. The summed E-state index contributed by atoms with van der Waals surface area (Å²) in [6.45, 7) is 0. The Kier molecular flexibility index (Phi) is 11.3. The first-order valence-corrected chi connectivity index (χ1v) is 7.96. The molecule has 0 spiro atoms. The highest BCUT2D eigenvalue weighted by atomic mass is 35.6. The summed E-state index contributed by atoms with van der Waals surface area (Å²) in [5, 5.41) is 0. The van der Waals surface area contributed by atoms with E-state index in [0.29, 0.717) is 0 Å². The van der Waals surface area contributed by atoms with Crippen molar-refractivity contribution in [3.63, 3.8) is 0 Å². The van der Waals surface area contributed by atoms with Crippen molar-refractivity contribution < 1.29 is 4.48 Å². The lowest BCUT2D eigenvalue weighted by Gasteiger charge is -2.14. The van der Waals surface area contributed by atoms with Gasteiger partial charge in [-0.15, -0.1) is 11.6 Å². The molecule has 0 aliphatic heterocycles. The largest absolute Gasteiger partial charge is 0.333 e. The van der Waals surface area contributed by atoms with Crippen molar-refractivity contribution >= 4 is 69.9 Å². The molecule has 0 aromatic heterocycles. The Morgan fingerprint density at radius 3 is 1.67 bits per heavy atom. The van der Waals surface area contributed by atoms with Crippen LogP contribution in [0.15, 0.2) is 0 Å². The molecule has 0 N–H and O–H groups in total. The molecule has 0 radical (unpaired) electrons. The van der Waals surface area contributed by atoms with Crippen molar-refractivity contribution in [1.29, 1.82) is 0 Å². The Hall–Kier alpha value is 1.82. The number of nitrogens with zero attached hydrogens (tertiary/aromatic N) is 1. The third kappa shape index (κ3) is 31.3. The molecule has 94 valence electrons. The summed E-state index contributed by atoms with van der Waals surface area (Å²) in [5.41, 5.74) is 0. The highest BCUT2D eigenvalue weighted by Gasteiger charge is 2.24. The van der Waals surface area contributed by atoms with E-state index in [1.807, 2.05) is 6.26 Å². The van der Waals surface area contributed by atoms with Crippen LogP contribution in [0.25, 0.3) is 0 Å². The van der Waals surface area contributed by atoms with Crippen LogP contribution in [0.1, 0.15) is 0 Å². The Labute approximate surface area is 122 Å². The molecule has 1 nitrogen and oxygen atoms in total. The SMILES string of the molecule is CSCC(Cl)SC(Cl)(Cl)Cl.C[N+](C)(C)C. The number of hydrogen-bond acceptors (Lipinski definition) is 2. The second-order valence-electron chi connectivity index (χ2n) is 4.11. The predicted molar refractivity (Wildman–Crippen MR) is 79.9 cm³/mol. The van der Waals surface area contributed by atoms with E-state index in [0.717, 1.165) is 22.0 Å². The number of alkyl halides is 4. The Morgan fingerprint density at radius 1 is 1.13 bits per heavy atom. The van der Waals surface area contributed by atoms with Crippen molar-refractivity contribution in [2.75, 3.05) is 40.2 Å². The Morgan fingerprint density at radius 2 is 1.47 bits per heavy atom. The first-order valence-electron chi connectivity index (χ1n) is 4.12. The fourth-order valence-electron chi connectivity index (χ4n) is 0.310. The molecular formula is C8H18Cl4NS2+. The summed E-state index contributed by atoms with van der Waals surface area (Å²) in [4.78, 5) is 0. The van der Waals surface area contributed by atoms with Crippen molar-refractivity contribution in [2.45, 2.75) is 7.83 Å². The number of thioether (sulfide) groups is 2. The topological polar surface area (TPSA) is 0 Å². The average molecular weight is 334 g/mol. The van der Waals surface area contributed by atoms with Crippen molar-refractivity contribution in [2.24, 2.45) is 0 Å². The minimum Gasteiger partial charge on any atom is -0.333 e. The van der Waals surface area contributed by atoms with Crippen LogP contribution in [-0.4, -0.2) is 52.5 Å².